The van der Waals surface area contributed by atoms with Gasteiger partial charge in [-0.2, -0.15) is 5.10 Å². The lowest BCUT2D eigenvalue weighted by Crippen LogP contribution is -2.27. The van der Waals surface area contributed by atoms with Crippen molar-refractivity contribution >= 4 is 5.91 Å². The molecule has 0 fully saturated rings. The van der Waals surface area contributed by atoms with Gasteiger partial charge in [0.25, 0.3) is 5.91 Å². The molecule has 3 rings (SSSR count). The van der Waals surface area contributed by atoms with E-state index in [2.05, 4.69) is 27.4 Å². The maximum Gasteiger partial charge on any atom is 0.272 e. The summed E-state index contributed by atoms with van der Waals surface area (Å²) in [4.78, 5) is 16.6. The minimum atomic E-state index is -0.0624. The summed E-state index contributed by atoms with van der Waals surface area (Å²) >= 11 is 0. The number of rotatable bonds is 5. The predicted octanol–water partition coefficient (Wildman–Crippen LogP) is 2.29. The molecule has 1 aliphatic rings. The van der Waals surface area contributed by atoms with Crippen LogP contribution in [0.5, 0.6) is 0 Å². The molecule has 2 aromatic heterocycles. The molecule has 5 nitrogen and oxygen atoms in total. The number of carbonyl (C=O) groups excluding carboxylic acids is 1. The van der Waals surface area contributed by atoms with Crippen LogP contribution in [0, 0.1) is 5.92 Å². The van der Waals surface area contributed by atoms with E-state index in [1.54, 1.807) is 6.20 Å². The molecule has 0 saturated carbocycles. The van der Waals surface area contributed by atoms with Gasteiger partial charge in [0.1, 0.15) is 0 Å². The van der Waals surface area contributed by atoms with Crippen molar-refractivity contribution in [1.29, 1.82) is 0 Å². The molecule has 0 saturated heterocycles. The molecule has 22 heavy (non-hydrogen) atoms. The number of aromatic nitrogens is 3. The molecule has 1 aliphatic carbocycles. The molecular weight excluding hydrogens is 276 g/mol. The van der Waals surface area contributed by atoms with E-state index in [-0.39, 0.29) is 5.91 Å². The van der Waals surface area contributed by atoms with E-state index >= 15 is 0 Å². The zero-order chi connectivity index (χ0) is 15.4. The fourth-order valence-corrected chi connectivity index (χ4v) is 2.96. The van der Waals surface area contributed by atoms with Crippen LogP contribution >= 0.6 is 0 Å². The summed E-state index contributed by atoms with van der Waals surface area (Å²) in [6.45, 7) is 2.87. The van der Waals surface area contributed by atoms with Crippen molar-refractivity contribution in [3.05, 3.63) is 47.0 Å². The molecule has 0 radical (unpaired) electrons. The van der Waals surface area contributed by atoms with Gasteiger partial charge in [0.2, 0.25) is 0 Å². The van der Waals surface area contributed by atoms with Crippen LogP contribution in [0.4, 0.5) is 0 Å². The van der Waals surface area contributed by atoms with Gasteiger partial charge in [-0.05, 0) is 50.2 Å². The molecule has 0 aromatic carbocycles. The van der Waals surface area contributed by atoms with Crippen LogP contribution in [0.25, 0.3) is 0 Å². The lowest BCUT2D eigenvalue weighted by atomic mass is 9.87. The minimum absolute atomic E-state index is 0.0624. The van der Waals surface area contributed by atoms with Gasteiger partial charge in [0.05, 0.1) is 0 Å². The van der Waals surface area contributed by atoms with Gasteiger partial charge < -0.3 is 5.32 Å². The van der Waals surface area contributed by atoms with Crippen LogP contribution in [0.2, 0.25) is 0 Å². The highest BCUT2D eigenvalue weighted by Gasteiger charge is 2.24. The maximum atomic E-state index is 12.3. The van der Waals surface area contributed by atoms with Gasteiger partial charge in [-0.1, -0.05) is 13.0 Å². The van der Waals surface area contributed by atoms with Crippen molar-refractivity contribution in [1.82, 2.24) is 20.5 Å². The lowest BCUT2D eigenvalue weighted by molar-refractivity contribution is 0.0947. The molecule has 0 spiro atoms. The summed E-state index contributed by atoms with van der Waals surface area (Å²) < 4.78 is 0. The first-order valence-corrected chi connectivity index (χ1v) is 7.98. The van der Waals surface area contributed by atoms with E-state index in [0.717, 1.165) is 42.6 Å². The van der Waals surface area contributed by atoms with Crippen molar-refractivity contribution in [2.75, 3.05) is 6.54 Å². The number of pyridine rings is 1. The van der Waals surface area contributed by atoms with E-state index < -0.39 is 0 Å². The average Bonchev–Trinajstić information content (AvgIpc) is 2.95. The monoisotopic (exact) mass is 298 g/mol. The second-order valence-corrected chi connectivity index (χ2v) is 6.06. The predicted molar refractivity (Wildman–Crippen MR) is 84.7 cm³/mol. The Morgan fingerprint density at radius 1 is 1.45 bits per heavy atom. The zero-order valence-electron chi connectivity index (χ0n) is 12.9. The third-order valence-corrected chi connectivity index (χ3v) is 4.23. The van der Waals surface area contributed by atoms with Gasteiger partial charge in [0, 0.05) is 29.7 Å². The highest BCUT2D eigenvalue weighted by Crippen LogP contribution is 2.25. The van der Waals surface area contributed by atoms with Gasteiger partial charge >= 0.3 is 0 Å². The minimum Gasteiger partial charge on any atom is -0.351 e. The van der Waals surface area contributed by atoms with Crippen molar-refractivity contribution in [3.63, 3.8) is 0 Å². The Bertz CT molecular complexity index is 635. The molecule has 1 atom stereocenters. The number of aromatic amines is 1. The molecule has 0 aliphatic heterocycles. The topological polar surface area (TPSA) is 70.7 Å². The molecule has 2 N–H and O–H groups in total. The Morgan fingerprint density at radius 2 is 2.36 bits per heavy atom. The highest BCUT2D eigenvalue weighted by atomic mass is 16.1. The Labute approximate surface area is 130 Å². The molecule has 5 heteroatoms. The van der Waals surface area contributed by atoms with Crippen molar-refractivity contribution < 1.29 is 4.79 Å². The zero-order valence-corrected chi connectivity index (χ0v) is 12.9. The van der Waals surface area contributed by atoms with E-state index in [0.29, 0.717) is 18.2 Å². The van der Waals surface area contributed by atoms with Crippen LogP contribution in [-0.2, 0) is 19.3 Å². The fraction of sp³-hybridized carbons (Fsp3) is 0.471. The number of fused-ring (bicyclic) bond motifs is 1. The molecule has 1 amide bonds. The van der Waals surface area contributed by atoms with E-state index in [4.69, 9.17) is 0 Å². The van der Waals surface area contributed by atoms with Gasteiger partial charge in [-0.15, -0.1) is 0 Å². The molecular formula is C17H22N4O. The Kier molecular flexibility index (Phi) is 4.51. The van der Waals surface area contributed by atoms with Crippen molar-refractivity contribution in [2.24, 2.45) is 5.92 Å². The van der Waals surface area contributed by atoms with Crippen LogP contribution in [-0.4, -0.2) is 27.6 Å². The molecule has 116 valence electrons. The second kappa shape index (κ2) is 6.73. The number of hydrogen-bond donors (Lipinski definition) is 2. The standard InChI is InChI=1S/C17H22N4O/c1-12-7-8-15-14(11-12)16(21-20-15)17(22)19-10-4-6-13-5-2-3-9-18-13/h2-3,5,9,12H,4,6-8,10-11H2,1H3,(H,19,22)(H,20,21)/t12-/m1/s1. The third-order valence-electron chi connectivity index (χ3n) is 4.23. The second-order valence-electron chi connectivity index (χ2n) is 6.06. The number of nitrogens with zero attached hydrogens (tertiary/aromatic N) is 2. The average molecular weight is 298 g/mol. The summed E-state index contributed by atoms with van der Waals surface area (Å²) in [6, 6.07) is 5.90. The normalized spacial score (nSPS) is 17.0. The fourth-order valence-electron chi connectivity index (χ4n) is 2.96. The van der Waals surface area contributed by atoms with Gasteiger partial charge in [-0.25, -0.2) is 0 Å². The quantitative estimate of drug-likeness (QED) is 0.832. The first-order chi connectivity index (χ1) is 10.7. The summed E-state index contributed by atoms with van der Waals surface area (Å²) in [5.74, 6) is 0.563. The maximum absolute atomic E-state index is 12.3. The largest absolute Gasteiger partial charge is 0.351 e. The number of nitrogens with one attached hydrogen (secondary N) is 2. The van der Waals surface area contributed by atoms with Crippen LogP contribution < -0.4 is 5.32 Å². The summed E-state index contributed by atoms with van der Waals surface area (Å²) in [5.41, 5.74) is 3.89. The Hall–Kier alpha value is -2.17. The third kappa shape index (κ3) is 3.35. The molecule has 2 heterocycles. The highest BCUT2D eigenvalue weighted by molar-refractivity contribution is 5.94. The molecule has 0 unspecified atom stereocenters. The number of carbonyl (C=O) groups is 1. The SMILES string of the molecule is C[C@@H]1CCc2[nH]nc(C(=O)NCCCc3ccccn3)c2C1. The first-order valence-electron chi connectivity index (χ1n) is 7.98. The summed E-state index contributed by atoms with van der Waals surface area (Å²) in [6.07, 6.45) is 6.66. The van der Waals surface area contributed by atoms with E-state index in [9.17, 15) is 4.79 Å². The van der Waals surface area contributed by atoms with Crippen LogP contribution in [0.3, 0.4) is 0 Å². The van der Waals surface area contributed by atoms with E-state index in [1.165, 1.54) is 6.42 Å². The van der Waals surface area contributed by atoms with Gasteiger partial charge in [-0.3, -0.25) is 14.9 Å². The number of hydrogen-bond acceptors (Lipinski definition) is 3. The number of aryl methyl sites for hydroxylation is 2. The Morgan fingerprint density at radius 3 is 3.18 bits per heavy atom. The van der Waals surface area contributed by atoms with E-state index in [1.807, 2.05) is 18.2 Å². The molecule has 2 aromatic rings. The number of H-pyrrole nitrogens is 1. The molecule has 0 bridgehead atoms. The van der Waals surface area contributed by atoms with Gasteiger partial charge in [0.15, 0.2) is 5.69 Å². The summed E-state index contributed by atoms with van der Waals surface area (Å²) in [5, 5.41) is 10.2. The van der Waals surface area contributed by atoms with Crippen molar-refractivity contribution in [2.45, 2.75) is 39.0 Å². The smallest absolute Gasteiger partial charge is 0.272 e. The van der Waals surface area contributed by atoms with Crippen molar-refractivity contribution in [3.8, 4) is 0 Å². The van der Waals surface area contributed by atoms with Crippen LogP contribution in [0.1, 0.15) is 47.2 Å². The lowest BCUT2D eigenvalue weighted by Gasteiger charge is -2.17. The first kappa shape index (κ1) is 14.8. The number of amides is 1. The Balaban J connectivity index is 1.51. The summed E-state index contributed by atoms with van der Waals surface area (Å²) in [7, 11) is 0. The van der Waals surface area contributed by atoms with Crippen LogP contribution in [0.15, 0.2) is 24.4 Å².